The fourth-order valence-electron chi connectivity index (χ4n) is 1.50. The van der Waals surface area contributed by atoms with Crippen LogP contribution in [0.2, 0.25) is 0 Å². The van der Waals surface area contributed by atoms with E-state index < -0.39 is 0 Å². The molecule has 3 nitrogen and oxygen atoms in total. The van der Waals surface area contributed by atoms with Crippen molar-refractivity contribution < 1.29 is 4.79 Å². The van der Waals surface area contributed by atoms with Gasteiger partial charge in [0.25, 0.3) is 5.91 Å². The van der Waals surface area contributed by atoms with Crippen LogP contribution in [0.5, 0.6) is 0 Å². The van der Waals surface area contributed by atoms with E-state index in [4.69, 9.17) is 5.73 Å². The van der Waals surface area contributed by atoms with Crippen LogP contribution in [0, 0.1) is 0 Å². The first-order chi connectivity index (χ1) is 8.54. The van der Waals surface area contributed by atoms with E-state index in [1.165, 1.54) is 0 Å². The molecule has 18 heavy (non-hydrogen) atoms. The van der Waals surface area contributed by atoms with Gasteiger partial charge in [-0.05, 0) is 59.0 Å². The van der Waals surface area contributed by atoms with Crippen LogP contribution >= 0.6 is 27.7 Å². The van der Waals surface area contributed by atoms with E-state index in [0.717, 1.165) is 22.4 Å². The van der Waals surface area contributed by atoms with Crippen LogP contribution in [0.4, 0.5) is 5.69 Å². The molecule has 0 radical (unpaired) electrons. The van der Waals surface area contributed by atoms with Crippen LogP contribution in [0.3, 0.4) is 0 Å². The third kappa shape index (κ3) is 4.90. The van der Waals surface area contributed by atoms with Crippen LogP contribution in [0.15, 0.2) is 22.7 Å². The number of carbonyl (C=O) groups is 1. The zero-order chi connectivity index (χ0) is 13.5. The Kier molecular flexibility index (Phi) is 6.57. The number of hydrogen-bond acceptors (Lipinski definition) is 3. The molecule has 0 aliphatic heterocycles. The molecule has 0 fully saturated rings. The zero-order valence-electron chi connectivity index (χ0n) is 10.7. The van der Waals surface area contributed by atoms with Gasteiger partial charge in [-0.25, -0.2) is 0 Å². The molecule has 100 valence electrons. The van der Waals surface area contributed by atoms with Gasteiger partial charge >= 0.3 is 0 Å². The van der Waals surface area contributed by atoms with Gasteiger partial charge in [-0.1, -0.05) is 6.92 Å². The van der Waals surface area contributed by atoms with Gasteiger partial charge in [0.1, 0.15) is 0 Å². The molecule has 0 aliphatic carbocycles. The number of rotatable bonds is 6. The molecule has 0 saturated heterocycles. The van der Waals surface area contributed by atoms with Gasteiger partial charge in [0.05, 0.1) is 5.56 Å². The van der Waals surface area contributed by atoms with Crippen LogP contribution in [0.25, 0.3) is 0 Å². The van der Waals surface area contributed by atoms with Crippen molar-refractivity contribution >= 4 is 39.3 Å². The molecule has 0 saturated carbocycles. The number of benzene rings is 1. The van der Waals surface area contributed by atoms with E-state index in [0.29, 0.717) is 11.3 Å². The second kappa shape index (κ2) is 7.69. The Balaban J connectivity index is 2.56. The molecule has 0 aromatic heterocycles. The number of thioether (sulfide) groups is 1. The van der Waals surface area contributed by atoms with Gasteiger partial charge < -0.3 is 11.1 Å². The molecule has 1 rings (SSSR count). The summed E-state index contributed by atoms with van der Waals surface area (Å²) in [5.74, 6) is 2.10. The third-order valence-corrected chi connectivity index (χ3v) is 4.14. The highest BCUT2D eigenvalue weighted by molar-refractivity contribution is 9.10. The van der Waals surface area contributed by atoms with Gasteiger partial charge in [-0.2, -0.15) is 11.8 Å². The van der Waals surface area contributed by atoms with Crippen molar-refractivity contribution in [2.45, 2.75) is 26.3 Å². The molecule has 0 bridgehead atoms. The summed E-state index contributed by atoms with van der Waals surface area (Å²) < 4.78 is 0.768. The second-order valence-electron chi connectivity index (χ2n) is 4.10. The monoisotopic (exact) mass is 330 g/mol. The number of nitrogens with one attached hydrogen (secondary N) is 1. The predicted octanol–water partition coefficient (Wildman–Crippen LogP) is 3.29. The number of nitrogen functional groups attached to an aromatic ring is 1. The lowest BCUT2D eigenvalue weighted by atomic mass is 10.1. The highest BCUT2D eigenvalue weighted by Crippen LogP contribution is 2.19. The average molecular weight is 331 g/mol. The maximum Gasteiger partial charge on any atom is 0.252 e. The first-order valence-corrected chi connectivity index (χ1v) is 7.93. The van der Waals surface area contributed by atoms with E-state index in [-0.39, 0.29) is 11.9 Å². The number of halogens is 1. The summed E-state index contributed by atoms with van der Waals surface area (Å²) in [6, 6.07) is 5.42. The normalized spacial score (nSPS) is 12.2. The fraction of sp³-hybridized carbons (Fsp3) is 0.462. The molecule has 3 N–H and O–H groups in total. The molecule has 0 spiro atoms. The Morgan fingerprint density at radius 1 is 1.56 bits per heavy atom. The number of carbonyl (C=O) groups excluding carboxylic acids is 1. The van der Waals surface area contributed by atoms with Gasteiger partial charge in [0.2, 0.25) is 0 Å². The average Bonchev–Trinajstić information content (AvgIpc) is 2.32. The van der Waals surface area contributed by atoms with E-state index in [1.54, 1.807) is 18.2 Å². The molecule has 1 aromatic rings. The summed E-state index contributed by atoms with van der Waals surface area (Å²) in [5, 5.41) is 2.99. The Morgan fingerprint density at radius 2 is 2.28 bits per heavy atom. The van der Waals surface area contributed by atoms with E-state index in [2.05, 4.69) is 28.2 Å². The quantitative estimate of drug-likeness (QED) is 0.621. The molecule has 0 aliphatic rings. The molecular formula is C13H19BrN2OS. The van der Waals surface area contributed by atoms with Crippen LogP contribution in [-0.2, 0) is 0 Å². The summed E-state index contributed by atoms with van der Waals surface area (Å²) in [7, 11) is 0. The highest BCUT2D eigenvalue weighted by atomic mass is 79.9. The van der Waals surface area contributed by atoms with Crippen LogP contribution < -0.4 is 11.1 Å². The lowest BCUT2D eigenvalue weighted by Gasteiger charge is -2.14. The third-order valence-electron chi connectivity index (χ3n) is 2.51. The standard InChI is InChI=1S/C13H19BrN2OS/c1-3-18-7-6-9(2)16-13(17)11-8-10(15)4-5-12(11)14/h4-5,8-9H,3,6-7,15H2,1-2H3,(H,16,17). The summed E-state index contributed by atoms with van der Waals surface area (Å²) >= 11 is 5.25. The maximum absolute atomic E-state index is 12.1. The van der Waals surface area contributed by atoms with Gasteiger partial charge in [0, 0.05) is 16.2 Å². The van der Waals surface area contributed by atoms with E-state index >= 15 is 0 Å². The number of nitrogens with two attached hydrogens (primary N) is 1. The first-order valence-electron chi connectivity index (χ1n) is 5.98. The maximum atomic E-state index is 12.1. The Hall–Kier alpha value is -0.680. The van der Waals surface area contributed by atoms with Crippen molar-refractivity contribution in [1.82, 2.24) is 5.32 Å². The van der Waals surface area contributed by atoms with Crippen molar-refractivity contribution in [2.24, 2.45) is 0 Å². The van der Waals surface area contributed by atoms with Crippen molar-refractivity contribution in [2.75, 3.05) is 17.2 Å². The fourth-order valence-corrected chi connectivity index (χ4v) is 2.73. The Morgan fingerprint density at radius 3 is 2.94 bits per heavy atom. The van der Waals surface area contributed by atoms with Gasteiger partial charge in [-0.15, -0.1) is 0 Å². The summed E-state index contributed by atoms with van der Waals surface area (Å²) in [5.41, 5.74) is 6.87. The van der Waals surface area contributed by atoms with Crippen molar-refractivity contribution in [3.05, 3.63) is 28.2 Å². The summed E-state index contributed by atoms with van der Waals surface area (Å²) in [6.45, 7) is 4.16. The van der Waals surface area contributed by atoms with Crippen molar-refractivity contribution in [1.29, 1.82) is 0 Å². The highest BCUT2D eigenvalue weighted by Gasteiger charge is 2.12. The zero-order valence-corrected chi connectivity index (χ0v) is 13.1. The summed E-state index contributed by atoms with van der Waals surface area (Å²) in [4.78, 5) is 12.1. The molecule has 1 atom stereocenters. The number of amides is 1. The van der Waals surface area contributed by atoms with Gasteiger partial charge in [0.15, 0.2) is 0 Å². The first kappa shape index (κ1) is 15.4. The lowest BCUT2D eigenvalue weighted by molar-refractivity contribution is 0.0939. The second-order valence-corrected chi connectivity index (χ2v) is 6.35. The smallest absolute Gasteiger partial charge is 0.252 e. The minimum Gasteiger partial charge on any atom is -0.399 e. The minimum absolute atomic E-state index is 0.0804. The van der Waals surface area contributed by atoms with E-state index in [1.807, 2.05) is 18.7 Å². The molecule has 5 heteroatoms. The molecule has 1 unspecified atom stereocenters. The summed E-state index contributed by atoms with van der Waals surface area (Å²) in [6.07, 6.45) is 0.976. The van der Waals surface area contributed by atoms with Crippen LogP contribution in [-0.4, -0.2) is 23.5 Å². The van der Waals surface area contributed by atoms with Crippen molar-refractivity contribution in [3.63, 3.8) is 0 Å². The topological polar surface area (TPSA) is 55.1 Å². The van der Waals surface area contributed by atoms with Crippen molar-refractivity contribution in [3.8, 4) is 0 Å². The number of anilines is 1. The molecular weight excluding hydrogens is 312 g/mol. The van der Waals surface area contributed by atoms with E-state index in [9.17, 15) is 4.79 Å². The Labute approximate surface area is 121 Å². The minimum atomic E-state index is -0.0804. The van der Waals surface area contributed by atoms with Gasteiger partial charge in [-0.3, -0.25) is 4.79 Å². The molecule has 1 aromatic carbocycles. The molecule has 1 amide bonds. The predicted molar refractivity (Wildman–Crippen MR) is 83.1 cm³/mol. The van der Waals surface area contributed by atoms with Crippen LogP contribution in [0.1, 0.15) is 30.6 Å². The largest absolute Gasteiger partial charge is 0.399 e. The SMILES string of the molecule is CCSCCC(C)NC(=O)c1cc(N)ccc1Br. The lowest BCUT2D eigenvalue weighted by Crippen LogP contribution is -2.33. The molecule has 0 heterocycles. The Bertz CT molecular complexity index is 412. The number of hydrogen-bond donors (Lipinski definition) is 2.